The van der Waals surface area contributed by atoms with E-state index in [2.05, 4.69) is 5.32 Å². The zero-order valence-corrected chi connectivity index (χ0v) is 19.2. The van der Waals surface area contributed by atoms with Crippen LogP contribution in [0.2, 0.25) is 0 Å². The minimum absolute atomic E-state index is 0.208. The molecule has 1 N–H and O–H groups in total. The Balaban J connectivity index is 1.87. The summed E-state index contributed by atoms with van der Waals surface area (Å²) in [4.78, 5) is 13.0. The summed E-state index contributed by atoms with van der Waals surface area (Å²) >= 11 is 0. The van der Waals surface area contributed by atoms with Crippen molar-refractivity contribution in [2.45, 2.75) is 26.4 Å². The fourth-order valence-electron chi connectivity index (χ4n) is 3.61. The highest BCUT2D eigenvalue weighted by Crippen LogP contribution is 2.26. The maximum absolute atomic E-state index is 14.1. The first-order valence-electron chi connectivity index (χ1n) is 10.2. The lowest BCUT2D eigenvalue weighted by Crippen LogP contribution is -2.41. The highest BCUT2D eigenvalue weighted by Gasteiger charge is 2.25. The molecule has 1 amide bonds. The Morgan fingerprint density at radius 3 is 2.28 bits per heavy atom. The largest absolute Gasteiger partial charge is 0.344 e. The van der Waals surface area contributed by atoms with Gasteiger partial charge >= 0.3 is 0 Å². The molecule has 1 atom stereocenters. The van der Waals surface area contributed by atoms with Gasteiger partial charge in [0, 0.05) is 12.1 Å². The van der Waals surface area contributed by atoms with Gasteiger partial charge in [0.2, 0.25) is 15.9 Å². The zero-order chi connectivity index (χ0) is 23.3. The maximum Gasteiger partial charge on any atom is 0.236 e. The maximum atomic E-state index is 14.1. The van der Waals surface area contributed by atoms with E-state index in [9.17, 15) is 17.6 Å². The quantitative estimate of drug-likeness (QED) is 0.557. The van der Waals surface area contributed by atoms with Gasteiger partial charge in [0.25, 0.3) is 0 Å². The Morgan fingerprint density at radius 1 is 1.00 bits per heavy atom. The molecule has 0 radical (unpaired) electrons. The number of aryl methyl sites for hydroxylation is 2. The number of benzene rings is 3. The van der Waals surface area contributed by atoms with E-state index in [1.807, 2.05) is 62.4 Å². The van der Waals surface area contributed by atoms with Gasteiger partial charge in [-0.2, -0.15) is 4.31 Å². The average molecular weight is 455 g/mol. The molecule has 0 fully saturated rings. The third-order valence-electron chi connectivity index (χ3n) is 5.27. The summed E-state index contributed by atoms with van der Waals surface area (Å²) < 4.78 is 39.7. The molecule has 7 heteroatoms. The molecule has 0 aromatic heterocycles. The van der Waals surface area contributed by atoms with Gasteiger partial charge in [0.05, 0.1) is 18.8 Å². The number of halogens is 1. The Kier molecular flexibility index (Phi) is 7.43. The summed E-state index contributed by atoms with van der Waals surface area (Å²) in [6.07, 6.45) is 1.01. The first-order valence-corrected chi connectivity index (χ1v) is 12.1. The minimum Gasteiger partial charge on any atom is -0.344 e. The Bertz CT molecular complexity index is 1200. The van der Waals surface area contributed by atoms with Crippen molar-refractivity contribution in [3.8, 4) is 0 Å². The molecule has 3 rings (SSSR count). The molecule has 0 saturated carbocycles. The van der Waals surface area contributed by atoms with Crippen LogP contribution in [-0.2, 0) is 21.4 Å². The molecule has 168 valence electrons. The van der Waals surface area contributed by atoms with Crippen LogP contribution in [0.25, 0.3) is 0 Å². The number of sulfonamides is 1. The monoisotopic (exact) mass is 454 g/mol. The number of nitrogens with zero attached hydrogens (tertiary/aromatic N) is 1. The number of amides is 1. The van der Waals surface area contributed by atoms with E-state index in [4.69, 9.17) is 0 Å². The van der Waals surface area contributed by atoms with Crippen molar-refractivity contribution >= 4 is 15.9 Å². The number of hydrogen-bond acceptors (Lipinski definition) is 3. The summed E-state index contributed by atoms with van der Waals surface area (Å²) in [5.41, 5.74) is 4.14. The van der Waals surface area contributed by atoms with Crippen LogP contribution in [0.5, 0.6) is 0 Å². The SMILES string of the molecule is Cc1ccc(C(NC(=O)CN(Cc2ccccc2F)S(C)(=O)=O)c2ccccc2)c(C)c1. The lowest BCUT2D eigenvalue weighted by atomic mass is 9.94. The second-order valence-electron chi connectivity index (χ2n) is 7.89. The Morgan fingerprint density at radius 2 is 1.66 bits per heavy atom. The molecule has 1 unspecified atom stereocenters. The molecule has 0 aliphatic carbocycles. The number of rotatable bonds is 8. The van der Waals surface area contributed by atoms with Crippen LogP contribution in [0.3, 0.4) is 0 Å². The van der Waals surface area contributed by atoms with Gasteiger partial charge in [-0.1, -0.05) is 72.3 Å². The molecule has 3 aromatic rings. The van der Waals surface area contributed by atoms with Gasteiger partial charge in [0.1, 0.15) is 5.82 Å². The number of carbonyl (C=O) groups is 1. The third kappa shape index (κ3) is 6.02. The second-order valence-corrected chi connectivity index (χ2v) is 9.88. The summed E-state index contributed by atoms with van der Waals surface area (Å²) in [5, 5.41) is 2.97. The minimum atomic E-state index is -3.75. The molecule has 3 aromatic carbocycles. The normalized spacial score (nSPS) is 12.5. The predicted octanol–water partition coefficient (Wildman–Crippen LogP) is 4.11. The molecule has 0 saturated heterocycles. The molecule has 32 heavy (non-hydrogen) atoms. The van der Waals surface area contributed by atoms with E-state index in [1.165, 1.54) is 18.2 Å². The fourth-order valence-corrected chi connectivity index (χ4v) is 4.33. The van der Waals surface area contributed by atoms with Crippen molar-refractivity contribution < 1.29 is 17.6 Å². The van der Waals surface area contributed by atoms with Crippen molar-refractivity contribution in [3.05, 3.63) is 106 Å². The van der Waals surface area contributed by atoms with Gasteiger partial charge in [-0.25, -0.2) is 12.8 Å². The average Bonchev–Trinajstić information content (AvgIpc) is 2.73. The third-order valence-corrected chi connectivity index (χ3v) is 6.46. The Labute approximate surface area is 188 Å². The second kappa shape index (κ2) is 10.1. The lowest BCUT2D eigenvalue weighted by Gasteiger charge is -2.25. The lowest BCUT2D eigenvalue weighted by molar-refractivity contribution is -0.121. The molecule has 0 heterocycles. The summed E-state index contributed by atoms with van der Waals surface area (Å²) in [5.74, 6) is -0.986. The van der Waals surface area contributed by atoms with Crippen molar-refractivity contribution in [2.24, 2.45) is 0 Å². The molecule has 0 spiro atoms. The molecule has 0 aliphatic heterocycles. The summed E-state index contributed by atoms with van der Waals surface area (Å²) in [6, 6.07) is 21.0. The van der Waals surface area contributed by atoms with Crippen LogP contribution in [0.4, 0.5) is 4.39 Å². The van der Waals surface area contributed by atoms with E-state index in [-0.39, 0.29) is 12.1 Å². The van der Waals surface area contributed by atoms with E-state index in [1.54, 1.807) is 6.07 Å². The first kappa shape index (κ1) is 23.6. The molecule has 0 bridgehead atoms. The van der Waals surface area contributed by atoms with Crippen LogP contribution in [0.15, 0.2) is 72.8 Å². The molecule has 5 nitrogen and oxygen atoms in total. The standard InChI is InChI=1S/C25H27FN2O3S/c1-18-13-14-22(19(2)15-18)25(20-9-5-4-6-10-20)27-24(29)17-28(32(3,30)31)16-21-11-7-8-12-23(21)26/h4-15,25H,16-17H2,1-3H3,(H,27,29). The number of carbonyl (C=O) groups excluding carboxylic acids is 1. The van der Waals surface area contributed by atoms with E-state index < -0.39 is 34.3 Å². The topological polar surface area (TPSA) is 66.5 Å². The fraction of sp³-hybridized carbons (Fsp3) is 0.240. The number of nitrogens with one attached hydrogen (secondary N) is 1. The first-order chi connectivity index (χ1) is 15.1. The van der Waals surface area contributed by atoms with Crippen LogP contribution >= 0.6 is 0 Å². The van der Waals surface area contributed by atoms with Gasteiger partial charge < -0.3 is 5.32 Å². The number of hydrogen-bond donors (Lipinski definition) is 1. The molecular weight excluding hydrogens is 427 g/mol. The molecule has 0 aliphatic rings. The highest BCUT2D eigenvalue weighted by molar-refractivity contribution is 7.88. The van der Waals surface area contributed by atoms with Crippen LogP contribution in [0, 0.1) is 19.7 Å². The van der Waals surface area contributed by atoms with Gasteiger partial charge in [-0.15, -0.1) is 0 Å². The van der Waals surface area contributed by atoms with Crippen molar-refractivity contribution in [2.75, 3.05) is 12.8 Å². The van der Waals surface area contributed by atoms with Crippen molar-refractivity contribution in [1.29, 1.82) is 0 Å². The summed E-state index contributed by atoms with van der Waals surface area (Å²) in [7, 11) is -3.75. The van der Waals surface area contributed by atoms with E-state index >= 15 is 0 Å². The van der Waals surface area contributed by atoms with Gasteiger partial charge in [-0.05, 0) is 36.6 Å². The van der Waals surface area contributed by atoms with Crippen LogP contribution < -0.4 is 5.32 Å². The van der Waals surface area contributed by atoms with E-state index in [0.29, 0.717) is 0 Å². The van der Waals surface area contributed by atoms with Crippen molar-refractivity contribution in [3.63, 3.8) is 0 Å². The summed E-state index contributed by atoms with van der Waals surface area (Å²) in [6.45, 7) is 3.34. The smallest absolute Gasteiger partial charge is 0.236 e. The van der Waals surface area contributed by atoms with E-state index in [0.717, 1.165) is 32.8 Å². The zero-order valence-electron chi connectivity index (χ0n) is 18.4. The van der Waals surface area contributed by atoms with Crippen molar-refractivity contribution in [1.82, 2.24) is 9.62 Å². The van der Waals surface area contributed by atoms with Crippen LogP contribution in [0.1, 0.15) is 33.9 Å². The highest BCUT2D eigenvalue weighted by atomic mass is 32.2. The van der Waals surface area contributed by atoms with Gasteiger partial charge in [0.15, 0.2) is 0 Å². The predicted molar refractivity (Wildman–Crippen MR) is 124 cm³/mol. The van der Waals surface area contributed by atoms with Crippen LogP contribution in [-0.4, -0.2) is 31.4 Å². The van der Waals surface area contributed by atoms with Gasteiger partial charge in [-0.3, -0.25) is 4.79 Å². The molecular formula is C25H27FN2O3S. The Hall–Kier alpha value is -3.03.